The van der Waals surface area contributed by atoms with Crippen LogP contribution in [0.1, 0.15) is 45.4 Å². The molecule has 2 nitrogen and oxygen atoms in total. The maximum Gasteiger partial charge on any atom is 0.0721 e. The molecule has 1 aliphatic carbocycles. The molecule has 0 aromatic heterocycles. The molecule has 2 heteroatoms. The van der Waals surface area contributed by atoms with Gasteiger partial charge in [-0.05, 0) is 32.1 Å². The molecule has 0 aliphatic heterocycles. The molecule has 1 N–H and O–H groups in total. The van der Waals surface area contributed by atoms with E-state index in [1.807, 2.05) is 6.08 Å². The molecular formula is C12H22O2. The van der Waals surface area contributed by atoms with Gasteiger partial charge in [-0.15, -0.1) is 0 Å². The summed E-state index contributed by atoms with van der Waals surface area (Å²) in [6.07, 6.45) is 10.4. The Morgan fingerprint density at radius 1 is 1.36 bits per heavy atom. The van der Waals surface area contributed by atoms with Crippen LogP contribution in [-0.4, -0.2) is 23.9 Å². The molecule has 0 saturated heterocycles. The van der Waals surface area contributed by atoms with Crippen LogP contribution in [-0.2, 0) is 4.74 Å². The van der Waals surface area contributed by atoms with Gasteiger partial charge in [-0.25, -0.2) is 0 Å². The molecule has 0 bridgehead atoms. The summed E-state index contributed by atoms with van der Waals surface area (Å²) in [5.41, 5.74) is 0. The number of ether oxygens (including phenoxy) is 1. The van der Waals surface area contributed by atoms with E-state index >= 15 is 0 Å². The Bertz CT molecular complexity index is 166. The van der Waals surface area contributed by atoms with Crippen molar-refractivity contribution in [3.63, 3.8) is 0 Å². The molecule has 0 aromatic rings. The number of aliphatic hydroxyl groups excluding tert-OH is 1. The van der Waals surface area contributed by atoms with E-state index in [4.69, 9.17) is 4.74 Å². The van der Waals surface area contributed by atoms with Crippen LogP contribution in [0.15, 0.2) is 12.2 Å². The quantitative estimate of drug-likeness (QED) is 0.556. The largest absolute Gasteiger partial charge is 0.389 e. The maximum absolute atomic E-state index is 9.46. The van der Waals surface area contributed by atoms with Crippen LogP contribution in [0.4, 0.5) is 0 Å². The first kappa shape index (κ1) is 11.7. The Kier molecular flexibility index (Phi) is 5.88. The van der Waals surface area contributed by atoms with Gasteiger partial charge in [-0.2, -0.15) is 0 Å². The summed E-state index contributed by atoms with van der Waals surface area (Å²) in [6.45, 7) is 3.05. The Morgan fingerprint density at radius 3 is 3.00 bits per heavy atom. The van der Waals surface area contributed by atoms with E-state index in [-0.39, 0.29) is 6.10 Å². The first-order valence-electron chi connectivity index (χ1n) is 5.79. The van der Waals surface area contributed by atoms with Crippen molar-refractivity contribution in [1.82, 2.24) is 0 Å². The standard InChI is InChI=1S/C12H22O2/c1-2-3-10-14-12-7-5-4-6-11(13)8-9-12/h4,6,11-13H,2-3,5,7-10H2,1H3/b6-4-. The molecular weight excluding hydrogens is 176 g/mol. The first-order valence-corrected chi connectivity index (χ1v) is 5.79. The molecule has 0 amide bonds. The van der Waals surface area contributed by atoms with Gasteiger partial charge in [0.05, 0.1) is 12.2 Å². The molecule has 14 heavy (non-hydrogen) atoms. The predicted molar refractivity (Wildman–Crippen MR) is 58.3 cm³/mol. The highest BCUT2D eigenvalue weighted by molar-refractivity contribution is 4.91. The fourth-order valence-electron chi connectivity index (χ4n) is 1.69. The van der Waals surface area contributed by atoms with Gasteiger partial charge in [0.25, 0.3) is 0 Å². The Hall–Kier alpha value is -0.340. The summed E-state index contributed by atoms with van der Waals surface area (Å²) >= 11 is 0. The van der Waals surface area contributed by atoms with Crippen LogP contribution in [0.3, 0.4) is 0 Å². The fraction of sp³-hybridized carbons (Fsp3) is 0.833. The summed E-state index contributed by atoms with van der Waals surface area (Å²) in [4.78, 5) is 0. The SMILES string of the molecule is CCCCOC1CC/C=C\C(O)CC1. The maximum atomic E-state index is 9.46. The third-order valence-corrected chi connectivity index (χ3v) is 2.65. The minimum atomic E-state index is -0.257. The van der Waals surface area contributed by atoms with Crippen molar-refractivity contribution in [3.05, 3.63) is 12.2 Å². The summed E-state index contributed by atoms with van der Waals surface area (Å²) in [7, 11) is 0. The van der Waals surface area contributed by atoms with Gasteiger partial charge in [-0.1, -0.05) is 25.5 Å². The molecule has 0 heterocycles. The highest BCUT2D eigenvalue weighted by atomic mass is 16.5. The highest BCUT2D eigenvalue weighted by Crippen LogP contribution is 2.16. The first-order chi connectivity index (χ1) is 6.83. The van der Waals surface area contributed by atoms with Gasteiger partial charge < -0.3 is 9.84 Å². The normalized spacial score (nSPS) is 30.7. The van der Waals surface area contributed by atoms with Gasteiger partial charge >= 0.3 is 0 Å². The van der Waals surface area contributed by atoms with Crippen molar-refractivity contribution in [2.45, 2.75) is 57.7 Å². The van der Waals surface area contributed by atoms with Gasteiger partial charge in [0.1, 0.15) is 0 Å². The van der Waals surface area contributed by atoms with Crippen molar-refractivity contribution in [2.75, 3.05) is 6.61 Å². The van der Waals surface area contributed by atoms with E-state index in [1.54, 1.807) is 0 Å². The van der Waals surface area contributed by atoms with E-state index in [1.165, 1.54) is 6.42 Å². The van der Waals surface area contributed by atoms with E-state index in [0.717, 1.165) is 38.7 Å². The van der Waals surface area contributed by atoms with Crippen LogP contribution < -0.4 is 0 Å². The van der Waals surface area contributed by atoms with E-state index in [9.17, 15) is 5.11 Å². The van der Waals surface area contributed by atoms with E-state index < -0.39 is 0 Å². The molecule has 2 atom stereocenters. The Balaban J connectivity index is 2.21. The minimum Gasteiger partial charge on any atom is -0.389 e. The fourth-order valence-corrected chi connectivity index (χ4v) is 1.69. The molecule has 0 radical (unpaired) electrons. The number of unbranched alkanes of at least 4 members (excludes halogenated alkanes) is 1. The second-order valence-corrected chi connectivity index (χ2v) is 4.00. The Labute approximate surface area is 87.0 Å². The molecule has 0 aromatic carbocycles. The number of allylic oxidation sites excluding steroid dienone is 1. The van der Waals surface area contributed by atoms with Crippen LogP contribution in [0.25, 0.3) is 0 Å². The molecule has 0 saturated carbocycles. The van der Waals surface area contributed by atoms with Crippen molar-refractivity contribution >= 4 is 0 Å². The molecule has 1 aliphatic rings. The zero-order valence-corrected chi connectivity index (χ0v) is 9.11. The summed E-state index contributed by atoms with van der Waals surface area (Å²) in [5, 5.41) is 9.46. The average Bonchev–Trinajstić information content (AvgIpc) is 2.16. The van der Waals surface area contributed by atoms with Crippen LogP contribution in [0.5, 0.6) is 0 Å². The van der Waals surface area contributed by atoms with E-state index in [2.05, 4.69) is 13.0 Å². The van der Waals surface area contributed by atoms with Gasteiger partial charge in [0.2, 0.25) is 0 Å². The highest BCUT2D eigenvalue weighted by Gasteiger charge is 2.12. The van der Waals surface area contributed by atoms with Crippen LogP contribution in [0.2, 0.25) is 0 Å². The monoisotopic (exact) mass is 198 g/mol. The lowest BCUT2D eigenvalue weighted by Crippen LogP contribution is -2.18. The van der Waals surface area contributed by atoms with Gasteiger partial charge in [0.15, 0.2) is 0 Å². The average molecular weight is 198 g/mol. The Morgan fingerprint density at radius 2 is 2.21 bits per heavy atom. The lowest BCUT2D eigenvalue weighted by Gasteiger charge is -2.20. The molecule has 1 rings (SSSR count). The summed E-state index contributed by atoms with van der Waals surface area (Å²) < 4.78 is 5.76. The molecule has 82 valence electrons. The second kappa shape index (κ2) is 7.02. The van der Waals surface area contributed by atoms with Crippen molar-refractivity contribution in [2.24, 2.45) is 0 Å². The zero-order valence-electron chi connectivity index (χ0n) is 9.11. The van der Waals surface area contributed by atoms with Gasteiger partial charge in [-0.3, -0.25) is 0 Å². The minimum absolute atomic E-state index is 0.257. The van der Waals surface area contributed by atoms with Crippen LogP contribution >= 0.6 is 0 Å². The summed E-state index contributed by atoms with van der Waals surface area (Å²) in [6, 6.07) is 0. The molecule has 2 unspecified atom stereocenters. The number of rotatable bonds is 4. The number of aliphatic hydroxyl groups is 1. The lowest BCUT2D eigenvalue weighted by molar-refractivity contribution is 0.0309. The third-order valence-electron chi connectivity index (χ3n) is 2.65. The van der Waals surface area contributed by atoms with E-state index in [0.29, 0.717) is 6.10 Å². The zero-order chi connectivity index (χ0) is 10.2. The number of hydrogen-bond donors (Lipinski definition) is 1. The molecule has 0 fully saturated rings. The van der Waals surface area contributed by atoms with Crippen molar-refractivity contribution < 1.29 is 9.84 Å². The smallest absolute Gasteiger partial charge is 0.0721 e. The van der Waals surface area contributed by atoms with Crippen molar-refractivity contribution in [3.8, 4) is 0 Å². The third kappa shape index (κ3) is 4.77. The van der Waals surface area contributed by atoms with Gasteiger partial charge in [0, 0.05) is 6.61 Å². The summed E-state index contributed by atoms with van der Waals surface area (Å²) in [5.74, 6) is 0. The molecule has 0 spiro atoms. The van der Waals surface area contributed by atoms with Crippen molar-refractivity contribution in [1.29, 1.82) is 0 Å². The number of hydrogen-bond acceptors (Lipinski definition) is 2. The second-order valence-electron chi connectivity index (χ2n) is 4.00. The van der Waals surface area contributed by atoms with Crippen LogP contribution in [0, 0.1) is 0 Å². The predicted octanol–water partition coefficient (Wildman–Crippen LogP) is 2.66. The lowest BCUT2D eigenvalue weighted by atomic mass is 10.0. The topological polar surface area (TPSA) is 29.5 Å².